The minimum Gasteiger partial charge on any atom is -0.480 e. The van der Waals surface area contributed by atoms with Crippen molar-refractivity contribution in [1.82, 2.24) is 4.90 Å². The van der Waals surface area contributed by atoms with E-state index in [2.05, 4.69) is 5.92 Å². The molecule has 2 N–H and O–H groups in total. The molecule has 0 saturated carbocycles. The summed E-state index contributed by atoms with van der Waals surface area (Å²) in [5, 5.41) is 0. The van der Waals surface area contributed by atoms with Gasteiger partial charge < -0.3 is 15.4 Å². The number of terminal acetylenes is 1. The number of hydrogen-bond donors (Lipinski definition) is 1. The molecule has 1 amide bonds. The van der Waals surface area contributed by atoms with E-state index >= 15 is 0 Å². The van der Waals surface area contributed by atoms with Gasteiger partial charge in [0.2, 0.25) is 0 Å². The molecule has 96 valence electrons. The lowest BCUT2D eigenvalue weighted by Gasteiger charge is -2.20. The first kappa shape index (κ1) is 13.9. The van der Waals surface area contributed by atoms with Crippen molar-refractivity contribution in [2.45, 2.75) is 13.8 Å². The first-order chi connectivity index (χ1) is 8.63. The van der Waals surface area contributed by atoms with E-state index in [9.17, 15) is 4.79 Å². The van der Waals surface area contributed by atoms with Crippen LogP contribution in [0.25, 0.3) is 0 Å². The first-order valence-corrected chi connectivity index (χ1v) is 5.89. The smallest absolute Gasteiger partial charge is 0.257 e. The number of nitrogens with zero attached hydrogens (tertiary/aromatic N) is 1. The molecule has 4 heteroatoms. The van der Waals surface area contributed by atoms with Crippen LogP contribution in [0.4, 0.5) is 5.69 Å². The fourth-order valence-corrected chi connectivity index (χ4v) is 1.64. The molecule has 0 spiro atoms. The van der Waals surface area contributed by atoms with E-state index in [0.717, 1.165) is 0 Å². The molecule has 0 bridgehead atoms. The maximum Gasteiger partial charge on any atom is 0.257 e. The van der Waals surface area contributed by atoms with Crippen molar-refractivity contribution in [2.75, 3.05) is 25.4 Å². The number of amides is 1. The molecule has 0 atom stereocenters. The fraction of sp³-hybridized carbons (Fsp3) is 0.357. The Morgan fingerprint density at radius 2 is 2.11 bits per heavy atom. The van der Waals surface area contributed by atoms with Crippen LogP contribution in [0.5, 0.6) is 5.75 Å². The van der Waals surface area contributed by atoms with Gasteiger partial charge in [0.25, 0.3) is 5.91 Å². The number of carbonyl (C=O) groups excluding carboxylic acids is 1. The lowest BCUT2D eigenvalue weighted by atomic mass is 10.1. The Balaban J connectivity index is 3.08. The van der Waals surface area contributed by atoms with Crippen molar-refractivity contribution in [3.05, 3.63) is 23.8 Å². The highest BCUT2D eigenvalue weighted by atomic mass is 16.5. The summed E-state index contributed by atoms with van der Waals surface area (Å²) in [6.07, 6.45) is 5.15. The lowest BCUT2D eigenvalue weighted by molar-refractivity contribution is 0.0769. The highest BCUT2D eigenvalue weighted by molar-refractivity contribution is 5.97. The van der Waals surface area contributed by atoms with E-state index in [1.165, 1.54) is 0 Å². The molecule has 1 rings (SSSR count). The largest absolute Gasteiger partial charge is 0.480 e. The van der Waals surface area contributed by atoms with Crippen LogP contribution in [-0.2, 0) is 0 Å². The highest BCUT2D eigenvalue weighted by Gasteiger charge is 2.17. The zero-order valence-corrected chi connectivity index (χ0v) is 10.8. The van der Waals surface area contributed by atoms with Crippen LogP contribution in [0.2, 0.25) is 0 Å². The molecule has 0 aliphatic heterocycles. The van der Waals surface area contributed by atoms with Gasteiger partial charge in [-0.25, -0.2) is 0 Å². The van der Waals surface area contributed by atoms with Gasteiger partial charge in [-0.1, -0.05) is 5.92 Å². The van der Waals surface area contributed by atoms with E-state index in [-0.39, 0.29) is 12.5 Å². The summed E-state index contributed by atoms with van der Waals surface area (Å²) in [6, 6.07) is 4.97. The average Bonchev–Trinajstić information content (AvgIpc) is 2.38. The zero-order valence-electron chi connectivity index (χ0n) is 10.8. The van der Waals surface area contributed by atoms with Crippen LogP contribution in [0, 0.1) is 12.3 Å². The summed E-state index contributed by atoms with van der Waals surface area (Å²) in [7, 11) is 0. The van der Waals surface area contributed by atoms with E-state index in [1.807, 2.05) is 13.8 Å². The summed E-state index contributed by atoms with van der Waals surface area (Å²) in [5.41, 5.74) is 6.69. The number of nitrogens with two attached hydrogens (primary N) is 1. The number of hydrogen-bond acceptors (Lipinski definition) is 3. The normalized spacial score (nSPS) is 9.61. The minimum absolute atomic E-state index is 0.0979. The molecule has 0 aliphatic carbocycles. The van der Waals surface area contributed by atoms with Crippen LogP contribution in [0.1, 0.15) is 24.2 Å². The van der Waals surface area contributed by atoms with Gasteiger partial charge in [0, 0.05) is 18.8 Å². The van der Waals surface area contributed by atoms with Gasteiger partial charge >= 0.3 is 0 Å². The Morgan fingerprint density at radius 1 is 1.44 bits per heavy atom. The molecule has 0 saturated heterocycles. The van der Waals surface area contributed by atoms with Crippen LogP contribution in [-0.4, -0.2) is 30.5 Å². The second-order valence-corrected chi connectivity index (χ2v) is 3.73. The van der Waals surface area contributed by atoms with E-state index in [1.54, 1.807) is 23.1 Å². The maximum absolute atomic E-state index is 12.3. The molecular weight excluding hydrogens is 228 g/mol. The molecule has 0 radical (unpaired) electrons. The van der Waals surface area contributed by atoms with E-state index < -0.39 is 0 Å². The van der Waals surface area contributed by atoms with Crippen LogP contribution in [0.3, 0.4) is 0 Å². The van der Waals surface area contributed by atoms with Gasteiger partial charge in [0.05, 0.1) is 5.56 Å². The molecule has 4 nitrogen and oxygen atoms in total. The average molecular weight is 246 g/mol. The second-order valence-electron chi connectivity index (χ2n) is 3.73. The molecule has 0 aliphatic rings. The summed E-state index contributed by atoms with van der Waals surface area (Å²) in [6.45, 7) is 5.26. The molecule has 1 aromatic carbocycles. The van der Waals surface area contributed by atoms with E-state index in [0.29, 0.717) is 30.1 Å². The molecule has 0 heterocycles. The first-order valence-electron chi connectivity index (χ1n) is 5.89. The third-order valence-electron chi connectivity index (χ3n) is 2.60. The van der Waals surface area contributed by atoms with Crippen LogP contribution in [0.15, 0.2) is 18.2 Å². The monoisotopic (exact) mass is 246 g/mol. The van der Waals surface area contributed by atoms with Gasteiger partial charge in [-0.2, -0.15) is 0 Å². The predicted molar refractivity (Wildman–Crippen MR) is 72.4 cm³/mol. The van der Waals surface area contributed by atoms with E-state index in [4.69, 9.17) is 16.9 Å². The van der Waals surface area contributed by atoms with Crippen molar-refractivity contribution in [1.29, 1.82) is 0 Å². The third-order valence-corrected chi connectivity index (χ3v) is 2.60. The fourth-order valence-electron chi connectivity index (χ4n) is 1.64. The van der Waals surface area contributed by atoms with Gasteiger partial charge in [-0.05, 0) is 32.0 Å². The summed E-state index contributed by atoms with van der Waals surface area (Å²) in [4.78, 5) is 14.0. The Bertz CT molecular complexity index is 459. The number of benzene rings is 1. The summed E-state index contributed by atoms with van der Waals surface area (Å²) in [5.74, 6) is 2.75. The van der Waals surface area contributed by atoms with Crippen LogP contribution >= 0.6 is 0 Å². The maximum atomic E-state index is 12.3. The second kappa shape index (κ2) is 6.55. The molecule has 18 heavy (non-hydrogen) atoms. The lowest BCUT2D eigenvalue weighted by Crippen LogP contribution is -2.30. The molecule has 0 aromatic heterocycles. The topological polar surface area (TPSA) is 55.6 Å². The van der Waals surface area contributed by atoms with Gasteiger partial charge in [-0.15, -0.1) is 6.42 Å². The number of anilines is 1. The number of rotatable bonds is 5. The van der Waals surface area contributed by atoms with Crippen molar-refractivity contribution in [2.24, 2.45) is 0 Å². The van der Waals surface area contributed by atoms with Gasteiger partial charge in [-0.3, -0.25) is 4.79 Å². The van der Waals surface area contributed by atoms with Crippen LogP contribution < -0.4 is 10.5 Å². The third kappa shape index (κ3) is 3.17. The summed E-state index contributed by atoms with van der Waals surface area (Å²) >= 11 is 0. The minimum atomic E-state index is -0.0979. The zero-order chi connectivity index (χ0) is 13.5. The number of nitrogen functional groups attached to an aromatic ring is 1. The Hall–Kier alpha value is -2.15. The Morgan fingerprint density at radius 3 is 2.67 bits per heavy atom. The van der Waals surface area contributed by atoms with Gasteiger partial charge in [0.15, 0.2) is 0 Å². The Kier molecular flexibility index (Phi) is 5.06. The van der Waals surface area contributed by atoms with Crippen molar-refractivity contribution < 1.29 is 9.53 Å². The highest BCUT2D eigenvalue weighted by Crippen LogP contribution is 2.23. The predicted octanol–water partition coefficient (Wildman–Crippen LogP) is 1.76. The van der Waals surface area contributed by atoms with Crippen molar-refractivity contribution in [3.8, 4) is 18.1 Å². The van der Waals surface area contributed by atoms with Crippen molar-refractivity contribution in [3.63, 3.8) is 0 Å². The molecule has 0 fully saturated rings. The van der Waals surface area contributed by atoms with Gasteiger partial charge in [0.1, 0.15) is 12.4 Å². The standard InChI is InChI=1S/C14H18N2O2/c1-4-9-18-13-8-7-11(15)10-12(13)14(17)16(5-2)6-3/h1,7-8,10H,5-6,9,15H2,2-3H3. The molecule has 1 aromatic rings. The Labute approximate surface area is 108 Å². The number of carbonyl (C=O) groups is 1. The SMILES string of the molecule is C#CCOc1ccc(N)cc1C(=O)N(CC)CC. The summed E-state index contributed by atoms with van der Waals surface area (Å²) < 4.78 is 5.36. The quantitative estimate of drug-likeness (QED) is 0.636. The number of ether oxygens (including phenoxy) is 1. The molecule has 0 unspecified atom stereocenters. The van der Waals surface area contributed by atoms with Crippen molar-refractivity contribution >= 4 is 11.6 Å². The molecular formula is C14H18N2O2.